The number of allylic oxidation sites excluding steroid dienone is 2. The normalized spacial score (nSPS) is 49.7. The van der Waals surface area contributed by atoms with Crippen molar-refractivity contribution in [2.75, 3.05) is 6.61 Å². The van der Waals surface area contributed by atoms with Gasteiger partial charge in [0.05, 0.1) is 5.76 Å². The molecule has 5 fully saturated rings. The number of ketones is 1. The monoisotopic (exact) mass is 414 g/mol. The van der Waals surface area contributed by atoms with Gasteiger partial charge in [-0.3, -0.25) is 4.79 Å². The van der Waals surface area contributed by atoms with Crippen LogP contribution in [-0.4, -0.2) is 23.6 Å². The first-order valence-corrected chi connectivity index (χ1v) is 12.9. The number of aliphatic hydroxyl groups excluding tert-OH is 1. The highest BCUT2D eigenvalue weighted by molar-refractivity contribution is 5.87. The molecule has 1 N–H and O–H groups in total. The van der Waals surface area contributed by atoms with Crippen molar-refractivity contribution in [3.8, 4) is 0 Å². The molecule has 6 unspecified atom stereocenters. The lowest BCUT2D eigenvalue weighted by molar-refractivity contribution is -0.155. The Labute approximate surface area is 183 Å². The van der Waals surface area contributed by atoms with E-state index in [1.165, 1.54) is 38.5 Å². The molecule has 3 nitrogen and oxygen atoms in total. The van der Waals surface area contributed by atoms with E-state index in [1.54, 1.807) is 0 Å². The SMILES string of the molecule is CC(CO)CC/C=C1/CC2C(CC3[C@@H]4CCC5CCCC[C@]5(C)C4CC(=O)[C@]23C)O1. The van der Waals surface area contributed by atoms with E-state index in [4.69, 9.17) is 4.74 Å². The molecule has 0 aromatic heterocycles. The van der Waals surface area contributed by atoms with Crippen LogP contribution in [0.4, 0.5) is 0 Å². The van der Waals surface area contributed by atoms with Crippen molar-refractivity contribution in [3.05, 3.63) is 11.8 Å². The minimum atomic E-state index is -0.169. The van der Waals surface area contributed by atoms with E-state index >= 15 is 0 Å². The van der Waals surface area contributed by atoms with E-state index in [-0.39, 0.29) is 18.1 Å². The predicted molar refractivity (Wildman–Crippen MR) is 119 cm³/mol. The zero-order valence-electron chi connectivity index (χ0n) is 19.4. The minimum absolute atomic E-state index is 0.169. The molecule has 0 bridgehead atoms. The summed E-state index contributed by atoms with van der Waals surface area (Å²) in [5, 5.41) is 9.25. The Hall–Kier alpha value is -0.830. The van der Waals surface area contributed by atoms with Gasteiger partial charge in [0.2, 0.25) is 0 Å². The molecule has 1 saturated heterocycles. The molecule has 168 valence electrons. The van der Waals surface area contributed by atoms with Crippen LogP contribution in [0.5, 0.6) is 0 Å². The average molecular weight is 415 g/mol. The molecule has 0 amide bonds. The topological polar surface area (TPSA) is 46.5 Å². The molecule has 0 spiro atoms. The van der Waals surface area contributed by atoms with Crippen LogP contribution in [0.1, 0.15) is 91.4 Å². The number of carbonyl (C=O) groups is 1. The van der Waals surface area contributed by atoms with E-state index in [2.05, 4.69) is 26.8 Å². The van der Waals surface area contributed by atoms with E-state index < -0.39 is 0 Å². The molecule has 4 saturated carbocycles. The molecular weight excluding hydrogens is 372 g/mol. The Bertz CT molecular complexity index is 713. The second-order valence-corrected chi connectivity index (χ2v) is 12.1. The zero-order valence-corrected chi connectivity index (χ0v) is 19.4. The number of hydrogen-bond acceptors (Lipinski definition) is 3. The van der Waals surface area contributed by atoms with Crippen molar-refractivity contribution in [1.29, 1.82) is 0 Å². The second kappa shape index (κ2) is 7.64. The highest BCUT2D eigenvalue weighted by Gasteiger charge is 2.67. The summed E-state index contributed by atoms with van der Waals surface area (Å²) < 4.78 is 6.46. The molecule has 5 aliphatic rings. The number of rotatable bonds is 4. The van der Waals surface area contributed by atoms with Gasteiger partial charge in [-0.15, -0.1) is 0 Å². The molecule has 4 aliphatic carbocycles. The molecule has 9 atom stereocenters. The van der Waals surface area contributed by atoms with Crippen LogP contribution in [0.2, 0.25) is 0 Å². The van der Waals surface area contributed by atoms with Crippen molar-refractivity contribution >= 4 is 5.78 Å². The predicted octanol–water partition coefficient (Wildman–Crippen LogP) is 5.91. The lowest BCUT2D eigenvalue weighted by atomic mass is 9.44. The second-order valence-electron chi connectivity index (χ2n) is 12.1. The van der Waals surface area contributed by atoms with Crippen LogP contribution in [0, 0.1) is 46.3 Å². The van der Waals surface area contributed by atoms with Gasteiger partial charge in [0, 0.05) is 30.8 Å². The number of aliphatic hydroxyl groups is 1. The summed E-state index contributed by atoms with van der Waals surface area (Å²) in [7, 11) is 0. The quantitative estimate of drug-likeness (QED) is 0.622. The van der Waals surface area contributed by atoms with Gasteiger partial charge in [0.15, 0.2) is 0 Å². The first-order valence-electron chi connectivity index (χ1n) is 12.9. The summed E-state index contributed by atoms with van der Waals surface area (Å²) in [6.07, 6.45) is 15.6. The van der Waals surface area contributed by atoms with E-state index in [0.717, 1.165) is 49.7 Å². The van der Waals surface area contributed by atoms with Gasteiger partial charge in [0.25, 0.3) is 0 Å². The number of hydrogen-bond donors (Lipinski definition) is 1. The van der Waals surface area contributed by atoms with Crippen molar-refractivity contribution in [3.63, 3.8) is 0 Å². The third-order valence-electron chi connectivity index (χ3n) is 10.7. The molecule has 1 heterocycles. The maximum Gasteiger partial charge on any atom is 0.139 e. The van der Waals surface area contributed by atoms with E-state index in [1.807, 2.05) is 0 Å². The number of carbonyl (C=O) groups excluding carboxylic acids is 1. The number of fused-ring (bicyclic) bond motifs is 7. The molecule has 3 heteroatoms. The smallest absolute Gasteiger partial charge is 0.139 e. The summed E-state index contributed by atoms with van der Waals surface area (Å²) in [6.45, 7) is 7.21. The Kier molecular flexibility index (Phi) is 5.36. The van der Waals surface area contributed by atoms with Gasteiger partial charge >= 0.3 is 0 Å². The van der Waals surface area contributed by atoms with Gasteiger partial charge in [-0.2, -0.15) is 0 Å². The fourth-order valence-electron chi connectivity index (χ4n) is 8.80. The minimum Gasteiger partial charge on any atom is -0.495 e. The van der Waals surface area contributed by atoms with Gasteiger partial charge in [-0.25, -0.2) is 0 Å². The number of ether oxygens (including phenoxy) is 1. The van der Waals surface area contributed by atoms with Gasteiger partial charge < -0.3 is 9.84 Å². The van der Waals surface area contributed by atoms with Crippen LogP contribution in [-0.2, 0) is 9.53 Å². The Balaban J connectivity index is 1.34. The third-order valence-corrected chi connectivity index (χ3v) is 10.7. The van der Waals surface area contributed by atoms with Crippen LogP contribution >= 0.6 is 0 Å². The first-order chi connectivity index (χ1) is 14.4. The lowest BCUT2D eigenvalue weighted by Crippen LogP contribution is -2.56. The number of Topliss-reactive ketones (excluding diaryl/α,β-unsaturated/α-hetero) is 1. The molecule has 0 aromatic carbocycles. The van der Waals surface area contributed by atoms with Gasteiger partial charge in [0.1, 0.15) is 11.9 Å². The van der Waals surface area contributed by atoms with Gasteiger partial charge in [-0.05, 0) is 86.0 Å². The van der Waals surface area contributed by atoms with Gasteiger partial charge in [-0.1, -0.05) is 33.6 Å². The van der Waals surface area contributed by atoms with Crippen molar-refractivity contribution < 1.29 is 14.6 Å². The molecule has 1 aliphatic heterocycles. The summed E-state index contributed by atoms with van der Waals surface area (Å²) >= 11 is 0. The maximum atomic E-state index is 13.8. The van der Waals surface area contributed by atoms with Crippen LogP contribution < -0.4 is 0 Å². The summed E-state index contributed by atoms with van der Waals surface area (Å²) in [5.74, 6) is 5.16. The van der Waals surface area contributed by atoms with Crippen molar-refractivity contribution in [1.82, 2.24) is 0 Å². The molecule has 30 heavy (non-hydrogen) atoms. The van der Waals surface area contributed by atoms with E-state index in [0.29, 0.717) is 34.9 Å². The fraction of sp³-hybridized carbons (Fsp3) is 0.889. The highest BCUT2D eigenvalue weighted by atomic mass is 16.5. The average Bonchev–Trinajstić information content (AvgIpc) is 3.26. The van der Waals surface area contributed by atoms with Crippen LogP contribution in [0.25, 0.3) is 0 Å². The summed E-state index contributed by atoms with van der Waals surface area (Å²) in [6, 6.07) is 0. The van der Waals surface area contributed by atoms with E-state index in [9.17, 15) is 9.90 Å². The summed E-state index contributed by atoms with van der Waals surface area (Å²) in [5.41, 5.74) is 0.239. The molecule has 5 rings (SSSR count). The fourth-order valence-corrected chi connectivity index (χ4v) is 8.80. The van der Waals surface area contributed by atoms with Crippen LogP contribution in [0.3, 0.4) is 0 Å². The zero-order chi connectivity index (χ0) is 21.1. The van der Waals surface area contributed by atoms with Crippen molar-refractivity contribution in [2.24, 2.45) is 46.3 Å². The largest absolute Gasteiger partial charge is 0.495 e. The molecular formula is C27H42O3. The van der Waals surface area contributed by atoms with Crippen LogP contribution in [0.15, 0.2) is 11.8 Å². The summed E-state index contributed by atoms with van der Waals surface area (Å²) in [4.78, 5) is 13.8. The lowest BCUT2D eigenvalue weighted by Gasteiger charge is -2.59. The molecule has 0 aromatic rings. The maximum absolute atomic E-state index is 13.8. The first kappa shape index (κ1) is 21.0. The molecule has 0 radical (unpaired) electrons. The Morgan fingerprint density at radius 2 is 1.97 bits per heavy atom. The highest BCUT2D eigenvalue weighted by Crippen LogP contribution is 2.68. The standard InChI is InChI=1S/C27H42O3/c1-17(16-28)7-6-9-19-13-23-24(30-19)14-22-20-11-10-18-8-4-5-12-26(18,2)21(20)15-25(29)27(22,23)3/h9,17-18,20-24,28H,4-8,10-16H2,1-3H3/b19-9-/t17?,18?,20-,21?,22?,23?,24?,26+,27+/m1/s1. The third kappa shape index (κ3) is 3.05. The Morgan fingerprint density at radius 1 is 1.13 bits per heavy atom. The Morgan fingerprint density at radius 3 is 2.77 bits per heavy atom. The van der Waals surface area contributed by atoms with Crippen molar-refractivity contribution in [2.45, 2.75) is 97.5 Å².